The highest BCUT2D eigenvalue weighted by atomic mass is 35.5. The molecule has 8 heteroatoms. The van der Waals surface area contributed by atoms with Crippen LogP contribution in [0.15, 0.2) is 12.3 Å². The lowest BCUT2D eigenvalue weighted by Gasteiger charge is -2.38. The van der Waals surface area contributed by atoms with Gasteiger partial charge in [0.25, 0.3) is 5.91 Å². The van der Waals surface area contributed by atoms with E-state index in [2.05, 4.69) is 16.4 Å². The molecule has 2 atom stereocenters. The molecule has 0 radical (unpaired) electrons. The van der Waals surface area contributed by atoms with E-state index in [1.165, 1.54) is 24.8 Å². The summed E-state index contributed by atoms with van der Waals surface area (Å²) in [5.74, 6) is 2.02. The summed E-state index contributed by atoms with van der Waals surface area (Å²) in [5, 5.41) is 3.49. The molecule has 1 aliphatic heterocycles. The van der Waals surface area contributed by atoms with E-state index in [4.69, 9.17) is 11.6 Å². The second kappa shape index (κ2) is 6.61. The fourth-order valence-corrected chi connectivity index (χ4v) is 5.68. The summed E-state index contributed by atoms with van der Waals surface area (Å²) in [5.41, 5.74) is 2.94. The van der Waals surface area contributed by atoms with E-state index >= 15 is 0 Å². The lowest BCUT2D eigenvalue weighted by atomic mass is 10.1. The standard InChI is InChI=1S/C22H26ClN5O2/c1-24-17-9-15(12-2-3-12)10-28-20(23)19(25-21(17)28)22(30)26-4-5-27(18(29)11-26)16-7-13-6-14(13)8-16/h9-10,12-14,16,24H,2-8,11H2,1H3. The van der Waals surface area contributed by atoms with Crippen molar-refractivity contribution >= 4 is 34.7 Å². The Bertz CT molecular complexity index is 1050. The average Bonchev–Trinajstić information content (AvgIpc) is 3.67. The van der Waals surface area contributed by atoms with Gasteiger partial charge >= 0.3 is 0 Å². The molecule has 158 valence electrons. The van der Waals surface area contributed by atoms with Gasteiger partial charge in [-0.2, -0.15) is 0 Å². The zero-order valence-corrected chi connectivity index (χ0v) is 17.9. The normalized spacial score (nSPS) is 28.2. The summed E-state index contributed by atoms with van der Waals surface area (Å²) in [6, 6.07) is 2.47. The second-order valence-electron chi connectivity index (χ2n) is 9.35. The Hall–Kier alpha value is -2.28. The minimum absolute atomic E-state index is 0.0488. The van der Waals surface area contributed by atoms with E-state index < -0.39 is 0 Å². The predicted molar refractivity (Wildman–Crippen MR) is 114 cm³/mol. The van der Waals surface area contributed by atoms with Crippen LogP contribution in [0.25, 0.3) is 5.65 Å². The molecule has 7 nitrogen and oxygen atoms in total. The van der Waals surface area contributed by atoms with Gasteiger partial charge in [-0.3, -0.25) is 14.0 Å². The molecule has 0 bridgehead atoms. The summed E-state index contributed by atoms with van der Waals surface area (Å²) < 4.78 is 1.80. The first-order chi connectivity index (χ1) is 14.5. The van der Waals surface area contributed by atoms with Crippen LogP contribution in [0, 0.1) is 11.8 Å². The monoisotopic (exact) mass is 427 g/mol. The second-order valence-corrected chi connectivity index (χ2v) is 9.71. The maximum atomic E-state index is 13.2. The smallest absolute Gasteiger partial charge is 0.276 e. The first-order valence-corrected chi connectivity index (χ1v) is 11.4. The molecule has 1 N–H and O–H groups in total. The number of anilines is 1. The Morgan fingerprint density at radius 1 is 1.20 bits per heavy atom. The minimum Gasteiger partial charge on any atom is -0.385 e. The van der Waals surface area contributed by atoms with Gasteiger partial charge < -0.3 is 15.1 Å². The SMILES string of the molecule is CNc1cc(C2CC2)cn2c(Cl)c(C(=O)N3CCN(C4CC5CC5C4)C(=O)C3)nc12. The van der Waals surface area contributed by atoms with Gasteiger partial charge in [-0.05, 0) is 61.5 Å². The van der Waals surface area contributed by atoms with Crippen molar-refractivity contribution in [1.29, 1.82) is 0 Å². The van der Waals surface area contributed by atoms with Gasteiger partial charge in [0.15, 0.2) is 11.3 Å². The third kappa shape index (κ3) is 2.89. The fourth-order valence-electron chi connectivity index (χ4n) is 5.43. The molecule has 30 heavy (non-hydrogen) atoms. The molecule has 3 heterocycles. The van der Waals surface area contributed by atoms with Gasteiger partial charge in [-0.15, -0.1) is 0 Å². The van der Waals surface area contributed by atoms with Crippen molar-refractivity contribution in [3.63, 3.8) is 0 Å². The average molecular weight is 428 g/mol. The molecule has 3 saturated carbocycles. The molecule has 6 rings (SSSR count). The third-order valence-corrected chi connectivity index (χ3v) is 7.77. The quantitative estimate of drug-likeness (QED) is 0.814. The molecule has 4 fully saturated rings. The van der Waals surface area contributed by atoms with Crippen molar-refractivity contribution in [3.05, 3.63) is 28.7 Å². The Labute approximate surface area is 180 Å². The number of nitrogens with one attached hydrogen (secondary N) is 1. The molecule has 2 amide bonds. The van der Waals surface area contributed by atoms with Gasteiger partial charge in [0.2, 0.25) is 5.91 Å². The van der Waals surface area contributed by atoms with Crippen LogP contribution in [0.5, 0.6) is 0 Å². The van der Waals surface area contributed by atoms with E-state index in [9.17, 15) is 9.59 Å². The number of imidazole rings is 1. The summed E-state index contributed by atoms with van der Waals surface area (Å²) in [6.07, 6.45) is 7.97. The number of hydrogen-bond acceptors (Lipinski definition) is 4. The highest BCUT2D eigenvalue weighted by Gasteiger charge is 2.49. The summed E-state index contributed by atoms with van der Waals surface area (Å²) >= 11 is 6.62. The Morgan fingerprint density at radius 3 is 2.63 bits per heavy atom. The largest absolute Gasteiger partial charge is 0.385 e. The van der Waals surface area contributed by atoms with Gasteiger partial charge in [0.05, 0.1) is 5.69 Å². The lowest BCUT2D eigenvalue weighted by molar-refractivity contribution is -0.137. The zero-order valence-electron chi connectivity index (χ0n) is 17.1. The predicted octanol–water partition coefficient (Wildman–Crippen LogP) is 2.99. The van der Waals surface area contributed by atoms with E-state index in [1.807, 2.05) is 18.1 Å². The van der Waals surface area contributed by atoms with Crippen molar-refractivity contribution in [2.45, 2.75) is 44.1 Å². The molecule has 0 spiro atoms. The van der Waals surface area contributed by atoms with Crippen LogP contribution in [0.2, 0.25) is 5.15 Å². The van der Waals surface area contributed by atoms with Crippen molar-refractivity contribution in [2.24, 2.45) is 11.8 Å². The molecular formula is C22H26ClN5O2. The summed E-state index contributed by atoms with van der Waals surface area (Å²) in [6.45, 7) is 1.25. The highest BCUT2D eigenvalue weighted by molar-refractivity contribution is 6.33. The van der Waals surface area contributed by atoms with Gasteiger partial charge in [0, 0.05) is 32.4 Å². The van der Waals surface area contributed by atoms with Gasteiger partial charge in [-0.1, -0.05) is 11.6 Å². The number of piperazine rings is 1. The number of fused-ring (bicyclic) bond motifs is 2. The van der Waals surface area contributed by atoms with E-state index in [0.717, 1.165) is 30.4 Å². The molecule has 1 saturated heterocycles. The maximum absolute atomic E-state index is 13.2. The van der Waals surface area contributed by atoms with Crippen LogP contribution in [0.1, 0.15) is 54.1 Å². The first kappa shape index (κ1) is 18.5. The zero-order chi connectivity index (χ0) is 20.6. The molecule has 4 aliphatic rings. The third-order valence-electron chi connectivity index (χ3n) is 7.41. The van der Waals surface area contributed by atoms with Crippen molar-refractivity contribution in [2.75, 3.05) is 32.0 Å². The van der Waals surface area contributed by atoms with Crippen molar-refractivity contribution in [1.82, 2.24) is 19.2 Å². The van der Waals surface area contributed by atoms with Crippen molar-refractivity contribution in [3.8, 4) is 0 Å². The van der Waals surface area contributed by atoms with Crippen LogP contribution in [-0.4, -0.2) is 63.7 Å². The maximum Gasteiger partial charge on any atom is 0.276 e. The van der Waals surface area contributed by atoms with E-state index in [1.54, 1.807) is 9.30 Å². The number of hydrogen-bond donors (Lipinski definition) is 1. The summed E-state index contributed by atoms with van der Waals surface area (Å²) in [7, 11) is 1.85. The van der Waals surface area contributed by atoms with Crippen LogP contribution in [0.4, 0.5) is 5.69 Å². The number of halogens is 1. The van der Waals surface area contributed by atoms with Crippen LogP contribution in [-0.2, 0) is 4.79 Å². The lowest BCUT2D eigenvalue weighted by Crippen LogP contribution is -2.55. The Balaban J connectivity index is 1.24. The van der Waals surface area contributed by atoms with Crippen molar-refractivity contribution < 1.29 is 9.59 Å². The van der Waals surface area contributed by atoms with E-state index in [0.29, 0.717) is 35.8 Å². The minimum atomic E-state index is -0.263. The number of amides is 2. The molecule has 2 aromatic heterocycles. The van der Waals surface area contributed by atoms with Gasteiger partial charge in [-0.25, -0.2) is 4.98 Å². The topological polar surface area (TPSA) is 70.0 Å². The number of nitrogens with zero attached hydrogens (tertiary/aromatic N) is 4. The number of rotatable bonds is 4. The number of pyridine rings is 1. The Kier molecular flexibility index (Phi) is 4.07. The molecular weight excluding hydrogens is 402 g/mol. The van der Waals surface area contributed by atoms with Crippen LogP contribution in [0.3, 0.4) is 0 Å². The number of carbonyl (C=O) groups excluding carboxylic acids is 2. The highest BCUT2D eigenvalue weighted by Crippen LogP contribution is 2.53. The fraction of sp³-hybridized carbons (Fsp3) is 0.591. The van der Waals surface area contributed by atoms with E-state index in [-0.39, 0.29) is 24.1 Å². The molecule has 3 aliphatic carbocycles. The molecule has 0 aromatic carbocycles. The van der Waals surface area contributed by atoms with Crippen LogP contribution < -0.4 is 5.32 Å². The number of carbonyl (C=O) groups is 2. The molecule has 2 aromatic rings. The Morgan fingerprint density at radius 2 is 1.97 bits per heavy atom. The van der Waals surface area contributed by atoms with Gasteiger partial charge in [0.1, 0.15) is 11.7 Å². The molecule has 2 unspecified atom stereocenters. The first-order valence-electron chi connectivity index (χ1n) is 11.0. The van der Waals surface area contributed by atoms with Crippen LogP contribution >= 0.6 is 11.6 Å². The number of aromatic nitrogens is 2. The summed E-state index contributed by atoms with van der Waals surface area (Å²) in [4.78, 5) is 34.2.